The molecule has 1 unspecified atom stereocenters. The Balaban J connectivity index is 2.45. The van der Waals surface area contributed by atoms with Gasteiger partial charge in [0.2, 0.25) is 5.91 Å². The Morgan fingerprint density at radius 3 is 2.73 bits per heavy atom. The third-order valence-electron chi connectivity index (χ3n) is 2.76. The van der Waals surface area contributed by atoms with Gasteiger partial charge in [-0.3, -0.25) is 4.79 Å². The van der Waals surface area contributed by atoms with Gasteiger partial charge in [-0.1, -0.05) is 0 Å². The third-order valence-corrected chi connectivity index (χ3v) is 3.43. The number of halogens is 1. The zero-order valence-electron chi connectivity index (χ0n) is 9.75. The van der Waals surface area contributed by atoms with Gasteiger partial charge in [0.15, 0.2) is 0 Å². The van der Waals surface area contributed by atoms with Gasteiger partial charge >= 0.3 is 0 Å². The lowest BCUT2D eigenvalue weighted by molar-refractivity contribution is -0.139. The van der Waals surface area contributed by atoms with Crippen molar-refractivity contribution in [2.45, 2.75) is 32.8 Å². The highest BCUT2D eigenvalue weighted by Gasteiger charge is 2.31. The van der Waals surface area contributed by atoms with Crippen LogP contribution < -0.4 is 0 Å². The maximum atomic E-state index is 12.0. The molecule has 0 bridgehead atoms. The minimum Gasteiger partial charge on any atom is -0.376 e. The van der Waals surface area contributed by atoms with Crippen molar-refractivity contribution in [3.63, 3.8) is 0 Å². The highest BCUT2D eigenvalue weighted by atomic mass is 35.5. The Labute approximate surface area is 96.7 Å². The summed E-state index contributed by atoms with van der Waals surface area (Å²) in [6.45, 7) is 5.24. The first kappa shape index (κ1) is 12.8. The Morgan fingerprint density at radius 2 is 2.27 bits per heavy atom. The second-order valence-electron chi connectivity index (χ2n) is 4.84. The molecule has 4 heteroatoms. The van der Waals surface area contributed by atoms with Gasteiger partial charge in [-0.2, -0.15) is 0 Å². The number of nitrogens with zero attached hydrogens (tertiary/aromatic N) is 1. The van der Waals surface area contributed by atoms with Crippen molar-refractivity contribution in [3.05, 3.63) is 0 Å². The molecule has 0 N–H and O–H groups in total. The van der Waals surface area contributed by atoms with Crippen LogP contribution in [0.25, 0.3) is 0 Å². The average Bonchev–Trinajstić information content (AvgIpc) is 2.69. The van der Waals surface area contributed by atoms with E-state index in [0.717, 1.165) is 19.4 Å². The number of hydrogen-bond donors (Lipinski definition) is 0. The van der Waals surface area contributed by atoms with Crippen LogP contribution in [-0.4, -0.2) is 43.0 Å². The van der Waals surface area contributed by atoms with Crippen molar-refractivity contribution in [1.82, 2.24) is 4.90 Å². The monoisotopic (exact) mass is 233 g/mol. The molecule has 0 saturated carbocycles. The maximum absolute atomic E-state index is 12.0. The molecule has 1 aliphatic rings. The Morgan fingerprint density at radius 1 is 1.60 bits per heavy atom. The summed E-state index contributed by atoms with van der Waals surface area (Å²) in [6.07, 6.45) is 2.37. The van der Waals surface area contributed by atoms with Crippen LogP contribution in [0.15, 0.2) is 0 Å². The smallest absolute Gasteiger partial charge is 0.229 e. The standard InChI is InChI=1S/C11H20ClNO2/c1-11(2,8-12)10(14)13(3)7-9-5-4-6-15-9/h9H,4-8H2,1-3H3. The number of amides is 1. The second-order valence-corrected chi connectivity index (χ2v) is 5.11. The predicted octanol–water partition coefficient (Wildman–Crippen LogP) is 1.89. The molecule has 1 amide bonds. The van der Waals surface area contributed by atoms with Gasteiger partial charge in [0.1, 0.15) is 0 Å². The van der Waals surface area contributed by atoms with Gasteiger partial charge in [0, 0.05) is 26.1 Å². The first-order valence-corrected chi connectivity index (χ1v) is 5.94. The number of likely N-dealkylation sites (N-methyl/N-ethyl adjacent to an activating group) is 1. The molecule has 0 aromatic carbocycles. The summed E-state index contributed by atoms with van der Waals surface area (Å²) in [5, 5.41) is 0. The summed E-state index contributed by atoms with van der Waals surface area (Å²) in [5.74, 6) is 0.440. The number of ether oxygens (including phenoxy) is 1. The van der Waals surface area contributed by atoms with E-state index in [4.69, 9.17) is 16.3 Å². The number of carbonyl (C=O) groups excluding carboxylic acids is 1. The number of hydrogen-bond acceptors (Lipinski definition) is 2. The molecule has 0 spiro atoms. The lowest BCUT2D eigenvalue weighted by Crippen LogP contribution is -2.42. The van der Waals surface area contributed by atoms with Crippen LogP contribution >= 0.6 is 11.6 Å². The SMILES string of the molecule is CN(CC1CCCO1)C(=O)C(C)(C)CCl. The van der Waals surface area contributed by atoms with E-state index in [-0.39, 0.29) is 12.0 Å². The van der Waals surface area contributed by atoms with E-state index < -0.39 is 5.41 Å². The van der Waals surface area contributed by atoms with Crippen molar-refractivity contribution < 1.29 is 9.53 Å². The molecule has 1 fully saturated rings. The summed E-state index contributed by atoms with van der Waals surface area (Å²) in [4.78, 5) is 13.7. The van der Waals surface area contributed by atoms with Crippen LogP contribution in [-0.2, 0) is 9.53 Å². The predicted molar refractivity (Wildman–Crippen MR) is 61.1 cm³/mol. The van der Waals surface area contributed by atoms with E-state index in [1.807, 2.05) is 20.9 Å². The third kappa shape index (κ3) is 3.35. The number of carbonyl (C=O) groups is 1. The molecule has 1 rings (SSSR count). The summed E-state index contributed by atoms with van der Waals surface area (Å²) >= 11 is 5.77. The zero-order chi connectivity index (χ0) is 11.5. The minimum absolute atomic E-state index is 0.0907. The Kier molecular flexibility index (Phi) is 4.41. The molecule has 3 nitrogen and oxygen atoms in total. The molecular formula is C11H20ClNO2. The van der Waals surface area contributed by atoms with E-state index in [1.54, 1.807) is 4.90 Å². The first-order valence-electron chi connectivity index (χ1n) is 5.40. The molecule has 1 aliphatic heterocycles. The average molecular weight is 234 g/mol. The van der Waals surface area contributed by atoms with Gasteiger partial charge < -0.3 is 9.64 Å². The van der Waals surface area contributed by atoms with Gasteiger partial charge in [-0.15, -0.1) is 11.6 Å². The molecule has 1 saturated heterocycles. The largest absolute Gasteiger partial charge is 0.376 e. The molecular weight excluding hydrogens is 214 g/mol. The molecule has 0 aromatic rings. The van der Waals surface area contributed by atoms with Gasteiger partial charge in [0.25, 0.3) is 0 Å². The van der Waals surface area contributed by atoms with E-state index in [9.17, 15) is 4.79 Å². The van der Waals surface area contributed by atoms with Crippen LogP contribution in [0.3, 0.4) is 0 Å². The van der Waals surface area contributed by atoms with Crippen LogP contribution in [0.5, 0.6) is 0 Å². The first-order chi connectivity index (χ1) is 6.97. The van der Waals surface area contributed by atoms with Crippen molar-refractivity contribution in [2.24, 2.45) is 5.41 Å². The summed E-state index contributed by atoms with van der Waals surface area (Å²) < 4.78 is 5.49. The van der Waals surface area contributed by atoms with Crippen molar-refractivity contribution >= 4 is 17.5 Å². The molecule has 1 heterocycles. The van der Waals surface area contributed by atoms with Crippen molar-refractivity contribution in [1.29, 1.82) is 0 Å². The van der Waals surface area contributed by atoms with E-state index >= 15 is 0 Å². The van der Waals surface area contributed by atoms with E-state index in [1.165, 1.54) is 0 Å². The van der Waals surface area contributed by atoms with Gasteiger partial charge in [-0.05, 0) is 26.7 Å². The molecule has 0 aromatic heterocycles. The summed E-state index contributed by atoms with van der Waals surface area (Å²) in [5.41, 5.74) is -0.477. The topological polar surface area (TPSA) is 29.5 Å². The summed E-state index contributed by atoms with van der Waals surface area (Å²) in [6, 6.07) is 0. The lowest BCUT2D eigenvalue weighted by Gasteiger charge is -2.29. The van der Waals surface area contributed by atoms with Gasteiger partial charge in [-0.25, -0.2) is 0 Å². The van der Waals surface area contributed by atoms with Crippen LogP contribution in [0, 0.1) is 5.41 Å². The normalized spacial score (nSPS) is 21.7. The zero-order valence-corrected chi connectivity index (χ0v) is 10.5. The number of alkyl halides is 1. The highest BCUT2D eigenvalue weighted by molar-refractivity contribution is 6.19. The fourth-order valence-electron chi connectivity index (χ4n) is 1.75. The van der Waals surface area contributed by atoms with Gasteiger partial charge in [0.05, 0.1) is 11.5 Å². The summed E-state index contributed by atoms with van der Waals surface area (Å²) in [7, 11) is 1.82. The van der Waals surface area contributed by atoms with Crippen LogP contribution in [0.1, 0.15) is 26.7 Å². The second kappa shape index (κ2) is 5.17. The molecule has 1 atom stereocenters. The molecule has 0 radical (unpaired) electrons. The molecule has 0 aliphatic carbocycles. The van der Waals surface area contributed by atoms with Crippen LogP contribution in [0.2, 0.25) is 0 Å². The maximum Gasteiger partial charge on any atom is 0.229 e. The minimum atomic E-state index is -0.477. The fourth-order valence-corrected chi connectivity index (χ4v) is 1.86. The highest BCUT2D eigenvalue weighted by Crippen LogP contribution is 2.21. The number of rotatable bonds is 4. The quantitative estimate of drug-likeness (QED) is 0.694. The van der Waals surface area contributed by atoms with Crippen molar-refractivity contribution in [2.75, 3.05) is 26.1 Å². The molecule has 88 valence electrons. The fraction of sp³-hybridized carbons (Fsp3) is 0.909. The Hall–Kier alpha value is -0.280. The van der Waals surface area contributed by atoms with E-state index in [0.29, 0.717) is 12.4 Å². The Bertz CT molecular complexity index is 225. The lowest BCUT2D eigenvalue weighted by atomic mass is 9.94. The van der Waals surface area contributed by atoms with E-state index in [2.05, 4.69) is 0 Å². The van der Waals surface area contributed by atoms with Crippen LogP contribution in [0.4, 0.5) is 0 Å². The molecule has 15 heavy (non-hydrogen) atoms. The van der Waals surface area contributed by atoms with Crippen molar-refractivity contribution in [3.8, 4) is 0 Å².